The van der Waals surface area contributed by atoms with E-state index in [9.17, 15) is 22.0 Å². The molecule has 2 heterocycles. The minimum absolute atomic E-state index is 0.190. The van der Waals surface area contributed by atoms with Crippen LogP contribution < -0.4 is 4.90 Å². The molecule has 1 aromatic heterocycles. The molecule has 0 amide bonds. The van der Waals surface area contributed by atoms with Crippen LogP contribution in [-0.2, 0) is 12.7 Å². The Hall–Kier alpha value is -2.71. The molecule has 2 aromatic carbocycles. The van der Waals surface area contributed by atoms with Gasteiger partial charge in [0.2, 0.25) is 0 Å². The number of aromatic nitrogens is 1. The molecule has 0 radical (unpaired) electrons. The van der Waals surface area contributed by atoms with Crippen LogP contribution in [0.15, 0.2) is 60.8 Å². The lowest BCUT2D eigenvalue weighted by atomic mass is 10.0. The first-order valence-electron chi connectivity index (χ1n) is 9.92. The van der Waals surface area contributed by atoms with Gasteiger partial charge in [0, 0.05) is 31.2 Å². The zero-order valence-corrected chi connectivity index (χ0v) is 17.5. The summed E-state index contributed by atoms with van der Waals surface area (Å²) in [6, 6.07) is 13.3. The summed E-state index contributed by atoms with van der Waals surface area (Å²) in [7, 11) is 0. The average molecular weight is 468 g/mol. The first-order valence-corrected chi connectivity index (χ1v) is 10.3. The Bertz CT molecular complexity index is 1070. The molecule has 0 aliphatic carbocycles. The van der Waals surface area contributed by atoms with E-state index in [1.807, 2.05) is 17.0 Å². The Morgan fingerprint density at radius 3 is 2.31 bits per heavy atom. The van der Waals surface area contributed by atoms with Gasteiger partial charge in [-0.3, -0.25) is 4.90 Å². The van der Waals surface area contributed by atoms with Gasteiger partial charge < -0.3 is 4.90 Å². The number of pyridine rings is 1. The number of alkyl halides is 3. The van der Waals surface area contributed by atoms with Crippen molar-refractivity contribution in [2.24, 2.45) is 0 Å². The molecule has 1 atom stereocenters. The second-order valence-corrected chi connectivity index (χ2v) is 8.08. The molecule has 0 bridgehead atoms. The monoisotopic (exact) mass is 467 g/mol. The van der Waals surface area contributed by atoms with Gasteiger partial charge >= 0.3 is 6.18 Å². The highest BCUT2D eigenvalue weighted by atomic mass is 35.5. The summed E-state index contributed by atoms with van der Waals surface area (Å²) in [5.41, 5.74) is 1.21. The van der Waals surface area contributed by atoms with Gasteiger partial charge in [0.15, 0.2) is 11.6 Å². The van der Waals surface area contributed by atoms with Crippen molar-refractivity contribution in [3.63, 3.8) is 0 Å². The fraction of sp³-hybridized carbons (Fsp3) is 0.261. The summed E-state index contributed by atoms with van der Waals surface area (Å²) >= 11 is 6.02. The van der Waals surface area contributed by atoms with Crippen LogP contribution >= 0.6 is 11.6 Å². The van der Waals surface area contributed by atoms with Gasteiger partial charge in [-0.15, -0.1) is 0 Å². The van der Waals surface area contributed by atoms with E-state index < -0.39 is 23.5 Å². The van der Waals surface area contributed by atoms with Crippen LogP contribution in [-0.4, -0.2) is 29.5 Å². The maximum Gasteiger partial charge on any atom is 0.433 e. The third-order valence-electron chi connectivity index (χ3n) is 5.48. The number of piperazine rings is 1. The van der Waals surface area contributed by atoms with Crippen molar-refractivity contribution in [1.29, 1.82) is 0 Å². The number of hydrogen-bond donors (Lipinski definition) is 0. The Kier molecular flexibility index (Phi) is 6.35. The number of anilines is 1. The molecule has 32 heavy (non-hydrogen) atoms. The minimum Gasteiger partial charge on any atom is -0.361 e. The van der Waals surface area contributed by atoms with Crippen LogP contribution in [0.5, 0.6) is 0 Å². The van der Waals surface area contributed by atoms with E-state index >= 15 is 0 Å². The average Bonchev–Trinajstić information content (AvgIpc) is 2.76. The molecule has 1 aliphatic heterocycles. The molecule has 168 valence electrons. The van der Waals surface area contributed by atoms with Gasteiger partial charge in [-0.1, -0.05) is 29.8 Å². The number of hydrogen-bond acceptors (Lipinski definition) is 3. The molecular weight excluding hydrogens is 449 g/mol. The van der Waals surface area contributed by atoms with E-state index in [2.05, 4.69) is 9.88 Å². The molecule has 3 aromatic rings. The Balaban J connectivity index is 1.59. The molecule has 3 nitrogen and oxygen atoms in total. The second-order valence-electron chi connectivity index (χ2n) is 7.64. The van der Waals surface area contributed by atoms with Crippen LogP contribution in [0, 0.1) is 11.6 Å². The van der Waals surface area contributed by atoms with Crippen LogP contribution in [0.25, 0.3) is 0 Å². The topological polar surface area (TPSA) is 19.4 Å². The molecule has 1 fully saturated rings. The molecule has 1 saturated heterocycles. The Morgan fingerprint density at radius 2 is 1.69 bits per heavy atom. The van der Waals surface area contributed by atoms with Crippen molar-refractivity contribution in [3.05, 3.63) is 94.3 Å². The summed E-state index contributed by atoms with van der Waals surface area (Å²) in [5.74, 6) is -1.79. The number of nitrogens with zero attached hydrogens (tertiary/aromatic N) is 3. The minimum atomic E-state index is -4.50. The summed E-state index contributed by atoms with van der Waals surface area (Å²) in [4.78, 5) is 7.69. The van der Waals surface area contributed by atoms with E-state index in [1.54, 1.807) is 18.2 Å². The highest BCUT2D eigenvalue weighted by Crippen LogP contribution is 2.34. The van der Waals surface area contributed by atoms with Crippen molar-refractivity contribution in [2.45, 2.75) is 18.8 Å². The lowest BCUT2D eigenvalue weighted by Crippen LogP contribution is -2.48. The van der Waals surface area contributed by atoms with Gasteiger partial charge in [-0.05, 0) is 47.5 Å². The van der Waals surface area contributed by atoms with Gasteiger partial charge in [0.1, 0.15) is 5.69 Å². The van der Waals surface area contributed by atoms with E-state index in [-0.39, 0.29) is 6.04 Å². The van der Waals surface area contributed by atoms with Crippen molar-refractivity contribution in [3.8, 4) is 0 Å². The Morgan fingerprint density at radius 1 is 0.938 bits per heavy atom. The van der Waals surface area contributed by atoms with Gasteiger partial charge in [0.25, 0.3) is 0 Å². The number of rotatable bonds is 4. The van der Waals surface area contributed by atoms with E-state index in [0.717, 1.165) is 17.7 Å². The Labute approximate surface area is 187 Å². The van der Waals surface area contributed by atoms with Crippen molar-refractivity contribution in [2.75, 3.05) is 24.5 Å². The molecule has 0 spiro atoms. The molecule has 1 unspecified atom stereocenters. The zero-order valence-electron chi connectivity index (χ0n) is 16.8. The number of halogens is 6. The second kappa shape index (κ2) is 9.03. The van der Waals surface area contributed by atoms with Crippen molar-refractivity contribution >= 4 is 17.3 Å². The largest absolute Gasteiger partial charge is 0.433 e. The fourth-order valence-corrected chi connectivity index (χ4v) is 4.01. The molecule has 9 heteroatoms. The highest BCUT2D eigenvalue weighted by molar-refractivity contribution is 6.30. The van der Waals surface area contributed by atoms with Gasteiger partial charge in [-0.25, -0.2) is 13.8 Å². The normalized spacial score (nSPS) is 17.6. The van der Waals surface area contributed by atoms with Crippen LogP contribution in [0.2, 0.25) is 5.02 Å². The van der Waals surface area contributed by atoms with Gasteiger partial charge in [-0.2, -0.15) is 13.2 Å². The van der Waals surface area contributed by atoms with Crippen LogP contribution in [0.3, 0.4) is 0 Å². The van der Waals surface area contributed by atoms with E-state index in [4.69, 9.17) is 11.6 Å². The molecule has 0 N–H and O–H groups in total. The number of benzene rings is 2. The first-order chi connectivity index (χ1) is 15.2. The third-order valence-corrected chi connectivity index (χ3v) is 5.73. The summed E-state index contributed by atoms with van der Waals surface area (Å²) in [5, 5.41) is 0.575. The smallest absolute Gasteiger partial charge is 0.361 e. The summed E-state index contributed by atoms with van der Waals surface area (Å²) in [6.45, 7) is 2.05. The first kappa shape index (κ1) is 22.5. The van der Waals surface area contributed by atoms with E-state index in [0.29, 0.717) is 42.5 Å². The van der Waals surface area contributed by atoms with E-state index in [1.165, 1.54) is 18.3 Å². The quantitative estimate of drug-likeness (QED) is 0.432. The molecule has 1 aliphatic rings. The molecule has 4 rings (SSSR count). The summed E-state index contributed by atoms with van der Waals surface area (Å²) < 4.78 is 65.6. The predicted octanol–water partition coefficient (Wildman–Crippen LogP) is 6.10. The summed E-state index contributed by atoms with van der Waals surface area (Å²) in [6.07, 6.45) is -3.27. The van der Waals surface area contributed by atoms with Crippen molar-refractivity contribution in [1.82, 2.24) is 9.88 Å². The lowest BCUT2D eigenvalue weighted by molar-refractivity contribution is -0.141. The fourth-order valence-electron chi connectivity index (χ4n) is 3.88. The third kappa shape index (κ3) is 5.02. The zero-order chi connectivity index (χ0) is 22.9. The van der Waals surface area contributed by atoms with Gasteiger partial charge in [0.05, 0.1) is 17.9 Å². The SMILES string of the molecule is Fc1ccc(CN2CCN(c3ccc(C(F)(F)F)nc3)C(c3ccc(Cl)cc3)C2)cc1F. The predicted molar refractivity (Wildman–Crippen MR) is 112 cm³/mol. The lowest BCUT2D eigenvalue weighted by Gasteiger charge is -2.43. The molecule has 0 saturated carbocycles. The molecular formula is C23H19ClF5N3. The van der Waals surface area contributed by atoms with Crippen molar-refractivity contribution < 1.29 is 22.0 Å². The maximum absolute atomic E-state index is 13.6. The highest BCUT2D eigenvalue weighted by Gasteiger charge is 2.33. The standard InChI is InChI=1S/C23H19ClF5N3/c24-17-4-2-16(3-5-17)21-14-31(13-15-1-7-19(25)20(26)11-15)9-10-32(21)18-6-8-22(30-12-18)23(27,28)29/h1-8,11-12,21H,9-10,13-14H2. The maximum atomic E-state index is 13.6. The van der Waals surface area contributed by atoms with Crippen LogP contribution in [0.1, 0.15) is 22.9 Å². The van der Waals surface area contributed by atoms with Crippen LogP contribution in [0.4, 0.5) is 27.6 Å².